The smallest absolute Gasteiger partial charge is 0.191 e. The molecule has 1 rings (SSSR count). The van der Waals surface area contributed by atoms with Crippen molar-refractivity contribution < 1.29 is 0 Å². The number of nitrogens with one attached hydrogen (secondary N) is 2. The van der Waals surface area contributed by atoms with Gasteiger partial charge in [-0.2, -0.15) is 11.8 Å². The van der Waals surface area contributed by atoms with E-state index in [-0.39, 0.29) is 0 Å². The van der Waals surface area contributed by atoms with Crippen molar-refractivity contribution in [3.8, 4) is 0 Å². The van der Waals surface area contributed by atoms with Crippen molar-refractivity contribution in [2.24, 2.45) is 4.99 Å². The molecule has 0 atom stereocenters. The summed E-state index contributed by atoms with van der Waals surface area (Å²) < 4.78 is 0. The fraction of sp³-hybridized carbons (Fsp3) is 0.625. The average molecular weight is 356 g/mol. The third-order valence-electron chi connectivity index (χ3n) is 3.19. The van der Waals surface area contributed by atoms with Crippen LogP contribution in [0.15, 0.2) is 23.0 Å². The Morgan fingerprint density at radius 1 is 1.52 bits per heavy atom. The van der Waals surface area contributed by atoms with Crippen LogP contribution >= 0.6 is 23.1 Å². The summed E-state index contributed by atoms with van der Waals surface area (Å²) >= 11 is 3.70. The van der Waals surface area contributed by atoms with Crippen LogP contribution in [0.5, 0.6) is 0 Å². The first-order chi connectivity index (χ1) is 11.2. The average Bonchev–Trinajstić information content (AvgIpc) is 3.00. The van der Waals surface area contributed by atoms with Gasteiger partial charge in [-0.15, -0.1) is 17.9 Å². The van der Waals surface area contributed by atoms with Gasteiger partial charge in [-0.3, -0.25) is 9.89 Å². The molecule has 0 aliphatic heterocycles. The Balaban J connectivity index is 2.12. The van der Waals surface area contributed by atoms with Crippen LogP contribution in [-0.2, 0) is 12.3 Å². The summed E-state index contributed by atoms with van der Waals surface area (Å²) in [6.07, 6.45) is 2.93. The normalized spacial score (nSPS) is 11.7. The van der Waals surface area contributed by atoms with Gasteiger partial charge in [0.15, 0.2) is 5.96 Å². The Hall–Kier alpha value is -1.05. The zero-order chi connectivity index (χ0) is 16.9. The van der Waals surface area contributed by atoms with Gasteiger partial charge in [0.2, 0.25) is 0 Å². The Kier molecular flexibility index (Phi) is 10.8. The minimum absolute atomic E-state index is 0.730. The number of thiazole rings is 1. The van der Waals surface area contributed by atoms with Crippen LogP contribution < -0.4 is 10.6 Å². The Morgan fingerprint density at radius 2 is 2.35 bits per heavy atom. The predicted octanol–water partition coefficient (Wildman–Crippen LogP) is 2.57. The second-order valence-corrected chi connectivity index (χ2v) is 7.19. The highest BCUT2D eigenvalue weighted by Crippen LogP contribution is 2.17. The van der Waals surface area contributed by atoms with Crippen LogP contribution in [0.3, 0.4) is 0 Å². The van der Waals surface area contributed by atoms with E-state index < -0.39 is 0 Å². The van der Waals surface area contributed by atoms with Gasteiger partial charge in [0.1, 0.15) is 5.01 Å². The van der Waals surface area contributed by atoms with Crippen molar-refractivity contribution in [3.05, 3.63) is 28.7 Å². The second kappa shape index (κ2) is 12.4. The molecule has 0 amide bonds. The molecule has 1 heterocycles. The van der Waals surface area contributed by atoms with E-state index in [2.05, 4.69) is 46.5 Å². The van der Waals surface area contributed by atoms with E-state index in [1.807, 2.05) is 17.8 Å². The fourth-order valence-electron chi connectivity index (χ4n) is 1.78. The summed E-state index contributed by atoms with van der Waals surface area (Å²) in [5.74, 6) is 2.95. The van der Waals surface area contributed by atoms with Crippen molar-refractivity contribution in [1.29, 1.82) is 0 Å². The van der Waals surface area contributed by atoms with Gasteiger partial charge < -0.3 is 10.6 Å². The van der Waals surface area contributed by atoms with Crippen molar-refractivity contribution in [3.63, 3.8) is 0 Å². The number of hydrogen-bond acceptors (Lipinski definition) is 5. The molecular weight excluding hydrogens is 326 g/mol. The minimum atomic E-state index is 0.730. The molecule has 0 spiro atoms. The summed E-state index contributed by atoms with van der Waals surface area (Å²) in [4.78, 5) is 11.1. The lowest BCUT2D eigenvalue weighted by Gasteiger charge is -2.10. The van der Waals surface area contributed by atoms with Gasteiger partial charge in [-0.25, -0.2) is 4.98 Å². The van der Waals surface area contributed by atoms with E-state index in [1.54, 1.807) is 18.4 Å². The number of thioether (sulfide) groups is 1. The molecule has 1 aromatic heterocycles. The van der Waals surface area contributed by atoms with Gasteiger partial charge in [-0.1, -0.05) is 13.0 Å². The Labute approximate surface area is 148 Å². The first-order valence-corrected chi connectivity index (χ1v) is 9.98. The van der Waals surface area contributed by atoms with Crippen molar-refractivity contribution >= 4 is 29.1 Å². The van der Waals surface area contributed by atoms with Gasteiger partial charge in [0.05, 0.1) is 12.2 Å². The van der Waals surface area contributed by atoms with E-state index >= 15 is 0 Å². The lowest BCUT2D eigenvalue weighted by atomic mass is 10.5. The molecule has 130 valence electrons. The van der Waals surface area contributed by atoms with E-state index in [9.17, 15) is 0 Å². The molecule has 0 fully saturated rings. The largest absolute Gasteiger partial charge is 0.356 e. The molecule has 0 radical (unpaired) electrons. The molecule has 0 saturated heterocycles. The maximum Gasteiger partial charge on any atom is 0.191 e. The molecule has 7 heteroatoms. The number of rotatable bonds is 11. The zero-order valence-corrected chi connectivity index (χ0v) is 16.1. The third kappa shape index (κ3) is 8.98. The summed E-state index contributed by atoms with van der Waals surface area (Å²) in [6.45, 7) is 9.51. The quantitative estimate of drug-likeness (QED) is 0.277. The minimum Gasteiger partial charge on any atom is -0.356 e. The number of aliphatic imine (C=N–C) groups is 1. The lowest BCUT2D eigenvalue weighted by molar-refractivity contribution is 0.345. The number of aromatic nitrogens is 1. The summed E-state index contributed by atoms with van der Waals surface area (Å²) in [5.41, 5.74) is 1.20. The van der Waals surface area contributed by atoms with E-state index in [0.29, 0.717) is 0 Å². The van der Waals surface area contributed by atoms with Crippen LogP contribution in [0, 0.1) is 0 Å². The van der Waals surface area contributed by atoms with Crippen LogP contribution in [-0.4, -0.2) is 55.3 Å². The van der Waals surface area contributed by atoms with Gasteiger partial charge in [0.25, 0.3) is 0 Å². The summed E-state index contributed by atoms with van der Waals surface area (Å²) in [6, 6.07) is 0. The van der Waals surface area contributed by atoms with Crippen LogP contribution in [0.4, 0.5) is 0 Å². The second-order valence-electron chi connectivity index (χ2n) is 5.14. The molecule has 23 heavy (non-hydrogen) atoms. The molecular formula is C16H29N5S2. The summed E-state index contributed by atoms with van der Waals surface area (Å²) in [5, 5.41) is 9.85. The SMILES string of the molecule is C=CCNC(=NC)NCCCSCc1csc(CN(C)CC)n1. The molecule has 0 bridgehead atoms. The zero-order valence-electron chi connectivity index (χ0n) is 14.5. The van der Waals surface area contributed by atoms with Crippen molar-refractivity contribution in [2.75, 3.05) is 39.5 Å². The van der Waals surface area contributed by atoms with Crippen LogP contribution in [0.2, 0.25) is 0 Å². The molecule has 0 aliphatic rings. The predicted molar refractivity (Wildman–Crippen MR) is 104 cm³/mol. The van der Waals surface area contributed by atoms with Crippen molar-refractivity contribution in [1.82, 2.24) is 20.5 Å². The monoisotopic (exact) mass is 355 g/mol. The van der Waals surface area contributed by atoms with Gasteiger partial charge >= 0.3 is 0 Å². The highest BCUT2D eigenvalue weighted by molar-refractivity contribution is 7.98. The first-order valence-electron chi connectivity index (χ1n) is 7.94. The maximum atomic E-state index is 4.69. The Morgan fingerprint density at radius 3 is 3.04 bits per heavy atom. The number of hydrogen-bond donors (Lipinski definition) is 2. The highest BCUT2D eigenvalue weighted by atomic mass is 32.2. The molecule has 0 unspecified atom stereocenters. The number of guanidine groups is 1. The molecule has 2 N–H and O–H groups in total. The summed E-state index contributed by atoms with van der Waals surface area (Å²) in [7, 11) is 3.91. The van der Waals surface area contributed by atoms with E-state index in [0.717, 1.165) is 50.1 Å². The van der Waals surface area contributed by atoms with Crippen LogP contribution in [0.25, 0.3) is 0 Å². The highest BCUT2D eigenvalue weighted by Gasteiger charge is 2.04. The fourth-order valence-corrected chi connectivity index (χ4v) is 3.61. The standard InChI is InChI=1S/C16H29N5S2/c1-5-8-18-16(17-3)19-9-7-10-22-12-14-13-23-15(20-14)11-21(4)6-2/h5,13H,1,6-12H2,2-4H3,(H2,17,18,19). The molecule has 0 aliphatic carbocycles. The van der Waals surface area contributed by atoms with Gasteiger partial charge in [0, 0.05) is 31.3 Å². The molecule has 1 aromatic rings. The third-order valence-corrected chi connectivity index (χ3v) is 5.15. The van der Waals surface area contributed by atoms with E-state index in [4.69, 9.17) is 4.98 Å². The molecule has 0 aromatic carbocycles. The maximum absolute atomic E-state index is 4.69. The van der Waals surface area contributed by atoms with Gasteiger partial charge in [-0.05, 0) is 25.8 Å². The first kappa shape index (κ1) is 20.0. The topological polar surface area (TPSA) is 52.6 Å². The number of nitrogens with zero attached hydrogens (tertiary/aromatic N) is 3. The lowest BCUT2D eigenvalue weighted by Crippen LogP contribution is -2.37. The molecule has 0 saturated carbocycles. The van der Waals surface area contributed by atoms with E-state index in [1.165, 1.54) is 10.7 Å². The van der Waals surface area contributed by atoms with Crippen molar-refractivity contribution in [2.45, 2.75) is 25.6 Å². The Bertz CT molecular complexity index is 473. The molecule has 5 nitrogen and oxygen atoms in total. The van der Waals surface area contributed by atoms with Crippen LogP contribution in [0.1, 0.15) is 24.0 Å².